The molecule has 0 bridgehead atoms. The lowest BCUT2D eigenvalue weighted by molar-refractivity contribution is -0.134. The average molecular weight is 422 g/mol. The van der Waals surface area contributed by atoms with Crippen molar-refractivity contribution < 1.29 is 4.79 Å². The number of amides is 1. The molecule has 1 atom stereocenters. The summed E-state index contributed by atoms with van der Waals surface area (Å²) in [4.78, 5) is 26.6. The van der Waals surface area contributed by atoms with Crippen LogP contribution >= 0.6 is 24.8 Å². The average Bonchev–Trinajstić information content (AvgIpc) is 3.23. The SMILES string of the molecule is CCn1c(C2CCN(C(=O)C(N)CC3CCCC3)CC2)nn(C)c1=O.Cl.Cl. The zero-order valence-electron chi connectivity index (χ0n) is 16.3. The summed E-state index contributed by atoms with van der Waals surface area (Å²) in [5.74, 6) is 1.82. The van der Waals surface area contributed by atoms with E-state index in [1.54, 1.807) is 11.6 Å². The fraction of sp³-hybridized carbons (Fsp3) is 0.833. The van der Waals surface area contributed by atoms with Gasteiger partial charge in [0.2, 0.25) is 5.91 Å². The third-order valence-electron chi connectivity index (χ3n) is 5.90. The van der Waals surface area contributed by atoms with Crippen molar-refractivity contribution in [2.24, 2.45) is 18.7 Å². The molecule has 1 unspecified atom stereocenters. The van der Waals surface area contributed by atoms with Crippen LogP contribution < -0.4 is 11.4 Å². The van der Waals surface area contributed by atoms with Gasteiger partial charge in [0, 0.05) is 32.6 Å². The maximum absolute atomic E-state index is 12.6. The molecule has 0 aromatic carbocycles. The van der Waals surface area contributed by atoms with Crippen molar-refractivity contribution in [1.29, 1.82) is 0 Å². The summed E-state index contributed by atoms with van der Waals surface area (Å²) in [7, 11) is 1.69. The van der Waals surface area contributed by atoms with Crippen LogP contribution in [0.4, 0.5) is 0 Å². The van der Waals surface area contributed by atoms with Crippen molar-refractivity contribution in [3.05, 3.63) is 16.3 Å². The molecule has 0 radical (unpaired) electrons. The van der Waals surface area contributed by atoms with Gasteiger partial charge in [0.05, 0.1) is 6.04 Å². The Labute approximate surface area is 173 Å². The van der Waals surface area contributed by atoms with Crippen LogP contribution in [0.25, 0.3) is 0 Å². The van der Waals surface area contributed by atoms with Gasteiger partial charge in [0.15, 0.2) is 0 Å². The minimum atomic E-state index is -0.358. The Balaban J connectivity index is 0.00000182. The van der Waals surface area contributed by atoms with Crippen LogP contribution in [0.1, 0.15) is 63.6 Å². The number of halogens is 2. The molecule has 7 nitrogen and oxygen atoms in total. The monoisotopic (exact) mass is 421 g/mol. The molecular formula is C18H33Cl2N5O2. The fourth-order valence-electron chi connectivity index (χ4n) is 4.42. The summed E-state index contributed by atoms with van der Waals surface area (Å²) < 4.78 is 3.15. The van der Waals surface area contributed by atoms with Crippen LogP contribution in [-0.4, -0.2) is 44.3 Å². The number of likely N-dealkylation sites (tertiary alicyclic amines) is 1. The topological polar surface area (TPSA) is 86.2 Å². The predicted molar refractivity (Wildman–Crippen MR) is 111 cm³/mol. The van der Waals surface area contributed by atoms with Crippen LogP contribution in [0.5, 0.6) is 0 Å². The van der Waals surface area contributed by atoms with E-state index in [1.165, 1.54) is 30.4 Å². The number of aromatic nitrogens is 3. The molecule has 2 aliphatic rings. The first kappa shape index (κ1) is 24.0. The maximum Gasteiger partial charge on any atom is 0.345 e. The quantitative estimate of drug-likeness (QED) is 0.787. The fourth-order valence-corrected chi connectivity index (χ4v) is 4.42. The van der Waals surface area contributed by atoms with Crippen molar-refractivity contribution in [2.75, 3.05) is 13.1 Å². The Hall–Kier alpha value is -1.05. The maximum atomic E-state index is 12.6. The first-order valence-corrected chi connectivity index (χ1v) is 9.69. The second-order valence-corrected chi connectivity index (χ2v) is 7.60. The number of aryl methyl sites for hydroxylation is 1. The largest absolute Gasteiger partial charge is 0.345 e. The van der Waals surface area contributed by atoms with Crippen LogP contribution in [0.3, 0.4) is 0 Å². The molecule has 1 saturated heterocycles. The number of nitrogens with two attached hydrogens (primary N) is 1. The van der Waals surface area contributed by atoms with E-state index in [2.05, 4.69) is 5.10 Å². The number of carbonyl (C=O) groups is 1. The zero-order chi connectivity index (χ0) is 18.0. The predicted octanol–water partition coefficient (Wildman–Crippen LogP) is 2.06. The van der Waals surface area contributed by atoms with E-state index in [0.717, 1.165) is 25.1 Å². The Morgan fingerprint density at radius 2 is 1.78 bits per heavy atom. The van der Waals surface area contributed by atoms with Crippen LogP contribution in [0.2, 0.25) is 0 Å². The zero-order valence-corrected chi connectivity index (χ0v) is 17.9. The van der Waals surface area contributed by atoms with E-state index in [9.17, 15) is 9.59 Å². The highest BCUT2D eigenvalue weighted by atomic mass is 35.5. The number of hydrogen-bond donors (Lipinski definition) is 1. The lowest BCUT2D eigenvalue weighted by atomic mass is 9.94. The Bertz CT molecular complexity index is 661. The van der Waals surface area contributed by atoms with Gasteiger partial charge in [-0.25, -0.2) is 9.48 Å². The molecule has 3 rings (SSSR count). The molecule has 27 heavy (non-hydrogen) atoms. The summed E-state index contributed by atoms with van der Waals surface area (Å²) in [6, 6.07) is -0.358. The molecule has 1 amide bonds. The molecule has 156 valence electrons. The van der Waals surface area contributed by atoms with Gasteiger partial charge in [-0.1, -0.05) is 25.7 Å². The number of piperidine rings is 1. The van der Waals surface area contributed by atoms with Crippen LogP contribution in [0, 0.1) is 5.92 Å². The highest BCUT2D eigenvalue weighted by Gasteiger charge is 2.31. The second kappa shape index (κ2) is 10.5. The molecule has 9 heteroatoms. The number of nitrogens with zero attached hydrogens (tertiary/aromatic N) is 4. The molecule has 1 aliphatic heterocycles. The summed E-state index contributed by atoms with van der Waals surface area (Å²) in [5, 5.41) is 4.42. The van der Waals surface area contributed by atoms with Gasteiger partial charge in [-0.05, 0) is 32.1 Å². The van der Waals surface area contributed by atoms with Crippen LogP contribution in [-0.2, 0) is 18.4 Å². The summed E-state index contributed by atoms with van der Waals surface area (Å²) in [6.45, 7) is 4.01. The third-order valence-corrected chi connectivity index (χ3v) is 5.90. The number of hydrogen-bond acceptors (Lipinski definition) is 4. The van der Waals surface area contributed by atoms with Crippen molar-refractivity contribution >= 4 is 30.7 Å². The van der Waals surface area contributed by atoms with E-state index >= 15 is 0 Å². The van der Waals surface area contributed by atoms with Crippen LogP contribution in [0.15, 0.2) is 4.79 Å². The summed E-state index contributed by atoms with van der Waals surface area (Å²) >= 11 is 0. The number of rotatable bonds is 5. The molecule has 1 aromatic rings. The molecular weight excluding hydrogens is 389 g/mol. The van der Waals surface area contributed by atoms with Crippen molar-refractivity contribution in [1.82, 2.24) is 19.2 Å². The molecule has 0 spiro atoms. The molecule has 1 aromatic heterocycles. The summed E-state index contributed by atoms with van der Waals surface area (Å²) in [6.07, 6.45) is 7.51. The lowest BCUT2D eigenvalue weighted by Gasteiger charge is -2.33. The van der Waals surface area contributed by atoms with Gasteiger partial charge in [-0.15, -0.1) is 24.8 Å². The van der Waals surface area contributed by atoms with Crippen molar-refractivity contribution in [3.8, 4) is 0 Å². The van der Waals surface area contributed by atoms with Crippen molar-refractivity contribution in [2.45, 2.75) is 70.4 Å². The second-order valence-electron chi connectivity index (χ2n) is 7.60. The third kappa shape index (κ3) is 5.27. The molecule has 1 saturated carbocycles. The normalized spacial score (nSPS) is 19.4. The molecule has 2 heterocycles. The van der Waals surface area contributed by atoms with Gasteiger partial charge in [-0.3, -0.25) is 9.36 Å². The Kier molecular flexibility index (Phi) is 9.31. The number of carbonyl (C=O) groups excluding carboxylic acids is 1. The first-order valence-electron chi connectivity index (χ1n) is 9.69. The highest BCUT2D eigenvalue weighted by Crippen LogP contribution is 2.30. The first-order chi connectivity index (χ1) is 12.0. The van der Waals surface area contributed by atoms with Gasteiger partial charge < -0.3 is 10.6 Å². The smallest absolute Gasteiger partial charge is 0.341 e. The summed E-state index contributed by atoms with van der Waals surface area (Å²) in [5.41, 5.74) is 6.13. The van der Waals surface area contributed by atoms with Crippen molar-refractivity contribution in [3.63, 3.8) is 0 Å². The minimum absolute atomic E-state index is 0. The van der Waals surface area contributed by atoms with E-state index < -0.39 is 0 Å². The van der Waals surface area contributed by atoms with E-state index in [4.69, 9.17) is 5.73 Å². The lowest BCUT2D eigenvalue weighted by Crippen LogP contribution is -2.47. The van der Waals surface area contributed by atoms with E-state index in [1.807, 2.05) is 11.8 Å². The molecule has 2 N–H and O–H groups in total. The Morgan fingerprint density at radius 1 is 1.19 bits per heavy atom. The minimum Gasteiger partial charge on any atom is -0.341 e. The van der Waals surface area contributed by atoms with E-state index in [0.29, 0.717) is 25.6 Å². The highest BCUT2D eigenvalue weighted by molar-refractivity contribution is 5.85. The Morgan fingerprint density at radius 3 is 2.33 bits per heavy atom. The molecule has 1 aliphatic carbocycles. The van der Waals surface area contributed by atoms with Gasteiger partial charge in [-0.2, -0.15) is 5.10 Å². The van der Waals surface area contributed by atoms with Gasteiger partial charge in [0.1, 0.15) is 5.82 Å². The van der Waals surface area contributed by atoms with Gasteiger partial charge in [0.25, 0.3) is 0 Å². The van der Waals surface area contributed by atoms with Gasteiger partial charge >= 0.3 is 5.69 Å². The van der Waals surface area contributed by atoms with E-state index in [-0.39, 0.29) is 48.4 Å². The molecule has 2 fully saturated rings. The standard InChI is InChI=1S/C18H31N5O2.2ClH/c1-3-23-16(20-21(2)18(23)25)14-8-10-22(11-9-14)17(24)15(19)12-13-6-4-5-7-13;;/h13-15H,3-12,19H2,1-2H3;2*1H.